The average molecular weight is 336 g/mol. The van der Waals surface area contributed by atoms with Crippen molar-refractivity contribution in [3.63, 3.8) is 0 Å². The second-order valence-electron chi connectivity index (χ2n) is 5.88. The summed E-state index contributed by atoms with van der Waals surface area (Å²) in [5.74, 6) is 0.826. The zero-order valence-electron chi connectivity index (χ0n) is 12.2. The molecule has 3 nitrogen and oxygen atoms in total. The van der Waals surface area contributed by atoms with Crippen molar-refractivity contribution >= 4 is 26.8 Å². The molecule has 0 aliphatic carbocycles. The Balaban J connectivity index is 1.72. The minimum absolute atomic E-state index is 0.639. The summed E-state index contributed by atoms with van der Waals surface area (Å²) in [5.41, 5.74) is 2.44. The predicted octanol–water partition coefficient (Wildman–Crippen LogP) is 3.57. The zero-order valence-corrected chi connectivity index (χ0v) is 13.8. The van der Waals surface area contributed by atoms with Crippen molar-refractivity contribution in [1.82, 2.24) is 14.7 Å². The molecule has 0 saturated carbocycles. The van der Waals surface area contributed by atoms with Gasteiger partial charge in [-0.15, -0.1) is 0 Å². The van der Waals surface area contributed by atoms with Crippen LogP contribution < -0.4 is 0 Å². The fourth-order valence-corrected chi connectivity index (χ4v) is 3.72. The van der Waals surface area contributed by atoms with E-state index in [1.807, 2.05) is 11.7 Å². The first kappa shape index (κ1) is 14.1. The summed E-state index contributed by atoms with van der Waals surface area (Å²) in [6, 6.07) is 8.51. The quantitative estimate of drug-likeness (QED) is 0.799. The number of para-hydroxylation sites is 1. The van der Waals surface area contributed by atoms with Gasteiger partial charge in [-0.25, -0.2) is 0 Å². The molecule has 1 saturated heterocycles. The Bertz CT molecular complexity index is 582. The molecule has 3 rings (SSSR count). The largest absolute Gasteiger partial charge is 0.297 e. The van der Waals surface area contributed by atoms with Crippen LogP contribution in [0.15, 0.2) is 24.3 Å². The second kappa shape index (κ2) is 5.86. The van der Waals surface area contributed by atoms with Gasteiger partial charge in [0.25, 0.3) is 0 Å². The third kappa shape index (κ3) is 2.77. The number of fused-ring (bicyclic) bond motifs is 1. The molecule has 1 aliphatic rings. The van der Waals surface area contributed by atoms with E-state index in [1.54, 1.807) is 0 Å². The fraction of sp³-hybridized carbons (Fsp3) is 0.562. The van der Waals surface area contributed by atoms with Crippen LogP contribution in [0.5, 0.6) is 0 Å². The first-order valence-corrected chi connectivity index (χ1v) is 8.34. The van der Waals surface area contributed by atoms with Gasteiger partial charge in [-0.1, -0.05) is 41.1 Å². The summed E-state index contributed by atoms with van der Waals surface area (Å²) >= 11 is 3.72. The van der Waals surface area contributed by atoms with Crippen molar-refractivity contribution < 1.29 is 0 Å². The summed E-state index contributed by atoms with van der Waals surface area (Å²) in [4.78, 5) is 3.18. The molecule has 1 unspecified atom stereocenters. The molecular formula is C16H22BrN3. The number of nitrogens with zero attached hydrogens (tertiary/aromatic N) is 3. The van der Waals surface area contributed by atoms with Crippen LogP contribution in [0.3, 0.4) is 0 Å². The van der Waals surface area contributed by atoms with Crippen LogP contribution in [-0.2, 0) is 13.6 Å². The Labute approximate surface area is 129 Å². The van der Waals surface area contributed by atoms with Crippen molar-refractivity contribution in [3.05, 3.63) is 30.0 Å². The van der Waals surface area contributed by atoms with E-state index in [1.165, 1.54) is 42.5 Å². The molecule has 1 fully saturated rings. The van der Waals surface area contributed by atoms with Gasteiger partial charge in [-0.2, -0.15) is 5.10 Å². The molecule has 1 atom stereocenters. The summed E-state index contributed by atoms with van der Waals surface area (Å²) in [5, 5.41) is 6.00. The Morgan fingerprint density at radius 2 is 2.00 bits per heavy atom. The van der Waals surface area contributed by atoms with Crippen molar-refractivity contribution in [2.75, 3.05) is 13.1 Å². The molecule has 0 bridgehead atoms. The molecule has 1 aliphatic heterocycles. The van der Waals surface area contributed by atoms with Gasteiger partial charge in [-0.3, -0.25) is 9.58 Å². The average Bonchev–Trinajstić information content (AvgIpc) is 2.77. The minimum atomic E-state index is 0.639. The van der Waals surface area contributed by atoms with Crippen LogP contribution >= 0.6 is 15.9 Å². The van der Waals surface area contributed by atoms with Crippen LogP contribution in [0.1, 0.15) is 25.5 Å². The molecule has 0 radical (unpaired) electrons. The van der Waals surface area contributed by atoms with E-state index in [-0.39, 0.29) is 0 Å². The molecule has 0 N–H and O–H groups in total. The van der Waals surface area contributed by atoms with Gasteiger partial charge in [0.2, 0.25) is 0 Å². The maximum absolute atomic E-state index is 4.70. The zero-order chi connectivity index (χ0) is 14.1. The molecule has 0 amide bonds. The molecule has 4 heteroatoms. The van der Waals surface area contributed by atoms with Gasteiger partial charge in [-0.05, 0) is 37.9 Å². The number of hydrogen-bond donors (Lipinski definition) is 0. The molecule has 2 aromatic rings. The predicted molar refractivity (Wildman–Crippen MR) is 87.1 cm³/mol. The number of hydrogen-bond acceptors (Lipinski definition) is 2. The lowest BCUT2D eigenvalue weighted by Gasteiger charge is -2.32. The maximum Gasteiger partial charge on any atom is 0.0843 e. The van der Waals surface area contributed by atoms with E-state index >= 15 is 0 Å². The standard InChI is InChI=1S/C16H22BrN3/c1-12(17)13-7-9-20(10-8-13)11-15-14-5-3-4-6-16(14)19(2)18-15/h3-6,12-13H,7-11H2,1-2H3. The molecule has 1 aromatic carbocycles. The topological polar surface area (TPSA) is 21.1 Å². The highest BCUT2D eigenvalue weighted by molar-refractivity contribution is 9.09. The molecule has 20 heavy (non-hydrogen) atoms. The lowest BCUT2D eigenvalue weighted by Crippen LogP contribution is -2.35. The molecule has 0 spiro atoms. The number of alkyl halides is 1. The lowest BCUT2D eigenvalue weighted by atomic mass is 9.94. The molecule has 2 heterocycles. The third-order valence-corrected chi connectivity index (χ3v) is 5.24. The smallest absolute Gasteiger partial charge is 0.0843 e. The van der Waals surface area contributed by atoms with Gasteiger partial charge >= 0.3 is 0 Å². The minimum Gasteiger partial charge on any atom is -0.297 e. The second-order valence-corrected chi connectivity index (χ2v) is 7.32. The molecule has 1 aromatic heterocycles. The Morgan fingerprint density at radius 3 is 2.70 bits per heavy atom. The van der Waals surface area contributed by atoms with Gasteiger partial charge in [0.15, 0.2) is 0 Å². The number of piperidine rings is 1. The number of likely N-dealkylation sites (tertiary alicyclic amines) is 1. The monoisotopic (exact) mass is 335 g/mol. The van der Waals surface area contributed by atoms with E-state index in [9.17, 15) is 0 Å². The van der Waals surface area contributed by atoms with E-state index in [0.29, 0.717) is 4.83 Å². The van der Waals surface area contributed by atoms with Gasteiger partial charge in [0.05, 0.1) is 11.2 Å². The molecule has 108 valence electrons. The number of benzene rings is 1. The van der Waals surface area contributed by atoms with Crippen LogP contribution in [0.2, 0.25) is 0 Å². The van der Waals surface area contributed by atoms with Gasteiger partial charge in [0, 0.05) is 23.8 Å². The summed E-state index contributed by atoms with van der Waals surface area (Å²) in [7, 11) is 2.03. The summed E-state index contributed by atoms with van der Waals surface area (Å²) < 4.78 is 2.00. The fourth-order valence-electron chi connectivity index (χ4n) is 3.19. The Morgan fingerprint density at radius 1 is 1.30 bits per heavy atom. The van der Waals surface area contributed by atoms with Crippen LogP contribution in [0.4, 0.5) is 0 Å². The van der Waals surface area contributed by atoms with Crippen LogP contribution in [0.25, 0.3) is 10.9 Å². The number of halogens is 1. The van der Waals surface area contributed by atoms with Crippen LogP contribution in [0, 0.1) is 5.92 Å². The van der Waals surface area contributed by atoms with Gasteiger partial charge < -0.3 is 0 Å². The van der Waals surface area contributed by atoms with Crippen LogP contribution in [-0.4, -0.2) is 32.6 Å². The van der Waals surface area contributed by atoms with E-state index in [0.717, 1.165) is 12.5 Å². The Hall–Kier alpha value is -0.870. The van der Waals surface area contributed by atoms with Crippen molar-refractivity contribution in [2.45, 2.75) is 31.1 Å². The van der Waals surface area contributed by atoms with E-state index in [4.69, 9.17) is 5.10 Å². The highest BCUT2D eigenvalue weighted by Gasteiger charge is 2.23. The van der Waals surface area contributed by atoms with Crippen molar-refractivity contribution in [2.24, 2.45) is 13.0 Å². The molecular weight excluding hydrogens is 314 g/mol. The van der Waals surface area contributed by atoms with E-state index in [2.05, 4.69) is 52.0 Å². The summed E-state index contributed by atoms with van der Waals surface area (Å²) in [6.07, 6.45) is 2.58. The first-order valence-electron chi connectivity index (χ1n) is 7.42. The maximum atomic E-state index is 4.70. The normalized spacial score (nSPS) is 19.6. The SMILES string of the molecule is CC(Br)C1CCN(Cc2nn(C)c3ccccc23)CC1. The van der Waals surface area contributed by atoms with Crippen molar-refractivity contribution in [1.29, 1.82) is 0 Å². The number of aromatic nitrogens is 2. The highest BCUT2D eigenvalue weighted by atomic mass is 79.9. The number of aryl methyl sites for hydroxylation is 1. The highest BCUT2D eigenvalue weighted by Crippen LogP contribution is 2.26. The van der Waals surface area contributed by atoms with E-state index < -0.39 is 0 Å². The summed E-state index contributed by atoms with van der Waals surface area (Å²) in [6.45, 7) is 5.62. The van der Waals surface area contributed by atoms with Crippen molar-refractivity contribution in [3.8, 4) is 0 Å². The Kier molecular flexibility index (Phi) is 4.13. The number of rotatable bonds is 3. The third-order valence-electron chi connectivity index (χ3n) is 4.49. The lowest BCUT2D eigenvalue weighted by molar-refractivity contribution is 0.177. The first-order chi connectivity index (χ1) is 9.65. The van der Waals surface area contributed by atoms with Gasteiger partial charge in [0.1, 0.15) is 0 Å².